The first-order valence-corrected chi connectivity index (χ1v) is 9.51. The number of aryl methyl sites for hydroxylation is 2. The Labute approximate surface area is 153 Å². The maximum absolute atomic E-state index is 6.08. The minimum Gasteiger partial charge on any atom is -0.493 e. The van der Waals surface area contributed by atoms with Crippen molar-refractivity contribution in [1.29, 1.82) is 0 Å². The zero-order chi connectivity index (χ0) is 18.4. The topological polar surface area (TPSA) is 18.5 Å². The molecule has 2 rings (SSSR count). The molecule has 0 saturated carbocycles. The number of para-hydroxylation sites is 2. The van der Waals surface area contributed by atoms with Crippen LogP contribution in [0.15, 0.2) is 36.4 Å². The molecule has 0 bridgehead atoms. The molecule has 0 aromatic heterocycles. The van der Waals surface area contributed by atoms with Gasteiger partial charge >= 0.3 is 0 Å². The van der Waals surface area contributed by atoms with Crippen molar-refractivity contribution in [2.45, 2.75) is 59.8 Å². The van der Waals surface area contributed by atoms with Gasteiger partial charge in [-0.1, -0.05) is 64.1 Å². The molecular weight excluding hydrogens is 308 g/mol. The van der Waals surface area contributed by atoms with Crippen LogP contribution < -0.4 is 9.47 Å². The van der Waals surface area contributed by atoms with Gasteiger partial charge in [-0.3, -0.25) is 0 Å². The third kappa shape index (κ3) is 3.84. The van der Waals surface area contributed by atoms with Gasteiger partial charge in [-0.15, -0.1) is 0 Å². The fraction of sp³-hybridized carbons (Fsp3) is 0.478. The summed E-state index contributed by atoms with van der Waals surface area (Å²) in [4.78, 5) is 0. The summed E-state index contributed by atoms with van der Waals surface area (Å²) in [7, 11) is 0. The van der Waals surface area contributed by atoms with Crippen molar-refractivity contribution in [2.75, 3.05) is 13.2 Å². The van der Waals surface area contributed by atoms with Crippen LogP contribution in [0.1, 0.15) is 63.8 Å². The third-order valence-corrected chi connectivity index (χ3v) is 4.88. The molecule has 0 spiro atoms. The molecule has 2 aromatic carbocycles. The van der Waals surface area contributed by atoms with Gasteiger partial charge in [0.2, 0.25) is 0 Å². The Hall–Kier alpha value is -1.96. The number of benzene rings is 2. The van der Waals surface area contributed by atoms with Crippen molar-refractivity contribution >= 4 is 0 Å². The summed E-state index contributed by atoms with van der Waals surface area (Å²) < 4.78 is 12.2. The summed E-state index contributed by atoms with van der Waals surface area (Å²) in [5.74, 6) is 2.06. The molecule has 2 heteroatoms. The molecular formula is C23H32O2. The van der Waals surface area contributed by atoms with E-state index >= 15 is 0 Å². The summed E-state index contributed by atoms with van der Waals surface area (Å²) in [6, 6.07) is 13.0. The monoisotopic (exact) mass is 340 g/mol. The Morgan fingerprint density at radius 3 is 1.40 bits per heavy atom. The van der Waals surface area contributed by atoms with Gasteiger partial charge in [0.05, 0.1) is 13.2 Å². The minimum atomic E-state index is -0.203. The maximum atomic E-state index is 6.08. The normalized spacial score (nSPS) is 11.4. The van der Waals surface area contributed by atoms with Gasteiger partial charge in [0, 0.05) is 16.5 Å². The largest absolute Gasteiger partial charge is 0.493 e. The summed E-state index contributed by atoms with van der Waals surface area (Å²) >= 11 is 0. The lowest BCUT2D eigenvalue weighted by atomic mass is 9.75. The number of ether oxygens (including phenoxy) is 2. The van der Waals surface area contributed by atoms with Crippen molar-refractivity contribution in [3.05, 3.63) is 58.7 Å². The van der Waals surface area contributed by atoms with Crippen LogP contribution in [0.2, 0.25) is 0 Å². The lowest BCUT2D eigenvalue weighted by Crippen LogP contribution is -2.22. The molecule has 0 N–H and O–H groups in total. The Balaban J connectivity index is 2.67. The molecule has 0 aliphatic carbocycles. The Kier molecular flexibility index (Phi) is 6.52. The van der Waals surface area contributed by atoms with Crippen molar-refractivity contribution in [2.24, 2.45) is 0 Å². The number of hydrogen-bond acceptors (Lipinski definition) is 2. The van der Waals surface area contributed by atoms with Gasteiger partial charge in [-0.05, 0) is 37.8 Å². The lowest BCUT2D eigenvalue weighted by molar-refractivity contribution is 0.319. The molecule has 0 atom stereocenters. The van der Waals surface area contributed by atoms with Gasteiger partial charge in [0.1, 0.15) is 11.5 Å². The fourth-order valence-electron chi connectivity index (χ4n) is 3.49. The average Bonchev–Trinajstić information content (AvgIpc) is 2.62. The van der Waals surface area contributed by atoms with Crippen molar-refractivity contribution in [3.8, 4) is 11.5 Å². The Morgan fingerprint density at radius 1 is 0.680 bits per heavy atom. The third-order valence-electron chi connectivity index (χ3n) is 4.88. The highest BCUT2D eigenvalue weighted by molar-refractivity contribution is 5.55. The highest BCUT2D eigenvalue weighted by Gasteiger charge is 2.31. The molecule has 2 nitrogen and oxygen atoms in total. The summed E-state index contributed by atoms with van der Waals surface area (Å²) in [5.41, 5.74) is 4.77. The van der Waals surface area contributed by atoms with Crippen molar-refractivity contribution in [3.63, 3.8) is 0 Å². The molecule has 25 heavy (non-hydrogen) atoms. The van der Waals surface area contributed by atoms with Crippen LogP contribution >= 0.6 is 0 Å². The van der Waals surface area contributed by atoms with Crippen LogP contribution in [0.25, 0.3) is 0 Å². The first-order chi connectivity index (χ1) is 12.0. The predicted molar refractivity (Wildman–Crippen MR) is 106 cm³/mol. The second-order valence-corrected chi connectivity index (χ2v) is 6.79. The molecule has 2 aromatic rings. The highest BCUT2D eigenvalue weighted by Crippen LogP contribution is 2.43. The SMILES string of the molecule is CCOc1c(CC)cccc1C(C)(C)c1cccc(CC)c1OCC. The Morgan fingerprint density at radius 2 is 1.08 bits per heavy atom. The minimum absolute atomic E-state index is 0.203. The van der Waals surface area contributed by atoms with Gasteiger partial charge in [-0.25, -0.2) is 0 Å². The standard InChI is InChI=1S/C23H32O2/c1-7-17-13-11-15-19(21(17)24-9-3)23(5,6)20-16-12-14-18(8-2)22(20)25-10-4/h11-16H,7-10H2,1-6H3. The van der Waals surface area contributed by atoms with E-state index in [1.54, 1.807) is 0 Å². The zero-order valence-corrected chi connectivity index (χ0v) is 16.6. The molecule has 0 radical (unpaired) electrons. The molecule has 0 amide bonds. The van der Waals surface area contributed by atoms with Crippen molar-refractivity contribution in [1.82, 2.24) is 0 Å². The second-order valence-electron chi connectivity index (χ2n) is 6.79. The fourth-order valence-corrected chi connectivity index (χ4v) is 3.49. The van der Waals surface area contributed by atoms with Crippen LogP contribution in [0.3, 0.4) is 0 Å². The molecule has 0 saturated heterocycles. The summed E-state index contributed by atoms with van der Waals surface area (Å²) in [6.07, 6.45) is 1.93. The highest BCUT2D eigenvalue weighted by atomic mass is 16.5. The van der Waals surface area contributed by atoms with E-state index in [0.717, 1.165) is 24.3 Å². The van der Waals surface area contributed by atoms with Crippen LogP contribution in [0.5, 0.6) is 11.5 Å². The quantitative estimate of drug-likeness (QED) is 0.592. The van der Waals surface area contributed by atoms with E-state index in [1.165, 1.54) is 22.3 Å². The van der Waals surface area contributed by atoms with E-state index in [2.05, 4.69) is 64.1 Å². The second kappa shape index (κ2) is 8.42. The van der Waals surface area contributed by atoms with Gasteiger partial charge in [0.15, 0.2) is 0 Å². The summed E-state index contributed by atoms with van der Waals surface area (Å²) in [5, 5.41) is 0. The molecule has 0 aliphatic heterocycles. The zero-order valence-electron chi connectivity index (χ0n) is 16.6. The van der Waals surface area contributed by atoms with E-state index in [-0.39, 0.29) is 5.41 Å². The van der Waals surface area contributed by atoms with E-state index in [9.17, 15) is 0 Å². The molecule has 0 heterocycles. The molecule has 0 unspecified atom stereocenters. The van der Waals surface area contributed by atoms with Gasteiger partial charge in [0.25, 0.3) is 0 Å². The first-order valence-electron chi connectivity index (χ1n) is 9.51. The van der Waals surface area contributed by atoms with E-state index in [0.29, 0.717) is 13.2 Å². The maximum Gasteiger partial charge on any atom is 0.126 e. The smallest absolute Gasteiger partial charge is 0.126 e. The van der Waals surface area contributed by atoms with Crippen molar-refractivity contribution < 1.29 is 9.47 Å². The van der Waals surface area contributed by atoms with Crippen LogP contribution in [-0.4, -0.2) is 13.2 Å². The van der Waals surface area contributed by atoms with Crippen LogP contribution in [0, 0.1) is 0 Å². The average molecular weight is 341 g/mol. The first kappa shape index (κ1) is 19.4. The molecule has 0 fully saturated rings. The van der Waals surface area contributed by atoms with E-state index in [1.807, 2.05) is 13.8 Å². The lowest BCUT2D eigenvalue weighted by Gasteiger charge is -2.31. The predicted octanol–water partition coefficient (Wildman–Crippen LogP) is 5.93. The molecule has 136 valence electrons. The number of hydrogen-bond donors (Lipinski definition) is 0. The van der Waals surface area contributed by atoms with Crippen LogP contribution in [-0.2, 0) is 18.3 Å². The van der Waals surface area contributed by atoms with Gasteiger partial charge in [-0.2, -0.15) is 0 Å². The van der Waals surface area contributed by atoms with Gasteiger partial charge < -0.3 is 9.47 Å². The van der Waals surface area contributed by atoms with Crippen LogP contribution in [0.4, 0.5) is 0 Å². The molecule has 0 aliphatic rings. The summed E-state index contributed by atoms with van der Waals surface area (Å²) in [6.45, 7) is 14.3. The van der Waals surface area contributed by atoms with E-state index in [4.69, 9.17) is 9.47 Å². The van der Waals surface area contributed by atoms with E-state index < -0.39 is 0 Å². The Bertz CT molecular complexity index is 642. The number of rotatable bonds is 8.